The average Bonchev–Trinajstić information content (AvgIpc) is 2.61. The van der Waals surface area contributed by atoms with E-state index in [4.69, 9.17) is 0 Å². The maximum atomic E-state index is 12.4. The molecule has 0 saturated carbocycles. The number of likely N-dealkylation sites (tertiary alicyclic amines) is 1. The third-order valence-corrected chi connectivity index (χ3v) is 4.09. The fourth-order valence-corrected chi connectivity index (χ4v) is 2.89. The number of hydrogen-bond acceptors (Lipinski definition) is 3. The van der Waals surface area contributed by atoms with Crippen molar-refractivity contribution in [2.75, 3.05) is 13.1 Å². The normalized spacial score (nSPS) is 18.3. The number of benzene rings is 1. The summed E-state index contributed by atoms with van der Waals surface area (Å²) in [6, 6.07) is 11.6. The zero-order valence-corrected chi connectivity index (χ0v) is 12.8. The molecule has 118 valence electrons. The van der Waals surface area contributed by atoms with Crippen molar-refractivity contribution in [3.05, 3.63) is 70.4 Å². The van der Waals surface area contributed by atoms with Crippen molar-refractivity contribution < 1.29 is 4.79 Å². The zero-order chi connectivity index (χ0) is 16.1. The van der Waals surface area contributed by atoms with E-state index < -0.39 is 0 Å². The summed E-state index contributed by atoms with van der Waals surface area (Å²) in [5, 5.41) is 0. The largest absolute Gasteiger partial charge is 0.345 e. The highest BCUT2D eigenvalue weighted by molar-refractivity contribution is 5.91. The second-order valence-corrected chi connectivity index (χ2v) is 5.70. The quantitative estimate of drug-likeness (QED) is 0.884. The Balaban J connectivity index is 1.67. The molecule has 23 heavy (non-hydrogen) atoms. The molecule has 0 radical (unpaired) electrons. The Hall–Kier alpha value is -2.69. The lowest BCUT2D eigenvalue weighted by Gasteiger charge is -2.32. The van der Waals surface area contributed by atoms with Gasteiger partial charge >= 0.3 is 5.69 Å². The van der Waals surface area contributed by atoms with Crippen LogP contribution in [0.1, 0.15) is 30.0 Å². The van der Waals surface area contributed by atoms with E-state index in [0.29, 0.717) is 6.54 Å². The average molecular weight is 309 g/mol. The number of rotatable bonds is 3. The summed E-state index contributed by atoms with van der Waals surface area (Å²) in [7, 11) is 0. The van der Waals surface area contributed by atoms with Crippen molar-refractivity contribution >= 4 is 12.0 Å². The van der Waals surface area contributed by atoms with Crippen LogP contribution < -0.4 is 5.69 Å². The van der Waals surface area contributed by atoms with Gasteiger partial charge in [-0.3, -0.25) is 4.79 Å². The number of H-pyrrole nitrogens is 1. The molecule has 1 saturated heterocycles. The number of aromatic nitrogens is 2. The third-order valence-electron chi connectivity index (χ3n) is 4.09. The predicted molar refractivity (Wildman–Crippen MR) is 88.9 cm³/mol. The van der Waals surface area contributed by atoms with Gasteiger partial charge in [0.15, 0.2) is 0 Å². The molecule has 0 aliphatic carbocycles. The van der Waals surface area contributed by atoms with Crippen LogP contribution in [0.5, 0.6) is 0 Å². The van der Waals surface area contributed by atoms with Crippen LogP contribution in [0.4, 0.5) is 0 Å². The first-order valence-corrected chi connectivity index (χ1v) is 7.79. The molecule has 2 heterocycles. The van der Waals surface area contributed by atoms with Gasteiger partial charge in [-0.05, 0) is 30.5 Å². The molecule has 1 aromatic carbocycles. The van der Waals surface area contributed by atoms with Crippen molar-refractivity contribution in [2.24, 2.45) is 0 Å². The summed E-state index contributed by atoms with van der Waals surface area (Å²) in [6.45, 7) is 1.38. The van der Waals surface area contributed by atoms with Crippen LogP contribution >= 0.6 is 0 Å². The number of hydrogen-bond donors (Lipinski definition) is 1. The van der Waals surface area contributed by atoms with Gasteiger partial charge in [0.1, 0.15) is 0 Å². The molecule has 1 fully saturated rings. The molecule has 5 nitrogen and oxygen atoms in total. The molecule has 1 aliphatic rings. The lowest BCUT2D eigenvalue weighted by molar-refractivity contribution is -0.127. The Morgan fingerprint density at radius 2 is 2.09 bits per heavy atom. The van der Waals surface area contributed by atoms with Gasteiger partial charge in [-0.15, -0.1) is 0 Å². The first-order chi connectivity index (χ1) is 11.2. The Bertz CT molecular complexity index is 752. The number of carbonyl (C=O) groups is 1. The fraction of sp³-hybridized carbons (Fsp3) is 0.278. The van der Waals surface area contributed by atoms with Crippen molar-refractivity contribution in [1.29, 1.82) is 0 Å². The van der Waals surface area contributed by atoms with Gasteiger partial charge in [0.05, 0.1) is 0 Å². The molecule has 1 amide bonds. The van der Waals surface area contributed by atoms with E-state index in [1.54, 1.807) is 6.08 Å². The molecular weight excluding hydrogens is 290 g/mol. The van der Waals surface area contributed by atoms with E-state index in [0.717, 1.165) is 30.6 Å². The smallest absolute Gasteiger partial charge is 0.338 e. The maximum Gasteiger partial charge on any atom is 0.345 e. The molecule has 0 bridgehead atoms. The molecule has 1 aromatic heterocycles. The molecular formula is C18H19N3O2. The van der Waals surface area contributed by atoms with E-state index >= 15 is 0 Å². The number of carbonyl (C=O) groups excluding carboxylic acids is 1. The zero-order valence-electron chi connectivity index (χ0n) is 12.8. The van der Waals surface area contributed by atoms with E-state index in [1.165, 1.54) is 6.20 Å². The molecule has 0 unspecified atom stereocenters. The molecule has 1 aliphatic heterocycles. The Labute approximate surface area is 134 Å². The molecule has 3 rings (SSSR count). The molecule has 1 atom stereocenters. The van der Waals surface area contributed by atoms with Crippen molar-refractivity contribution in [3.63, 3.8) is 0 Å². The van der Waals surface area contributed by atoms with Crippen LogP contribution in [0, 0.1) is 0 Å². The number of nitrogens with zero attached hydrogens (tertiary/aromatic N) is 2. The van der Waals surface area contributed by atoms with E-state index in [9.17, 15) is 9.59 Å². The molecule has 1 N–H and O–H groups in total. The van der Waals surface area contributed by atoms with Gasteiger partial charge in [0.25, 0.3) is 0 Å². The van der Waals surface area contributed by atoms with Crippen LogP contribution in [0.2, 0.25) is 0 Å². The van der Waals surface area contributed by atoms with Crippen molar-refractivity contribution in [2.45, 2.75) is 18.8 Å². The molecule has 2 aromatic rings. The Morgan fingerprint density at radius 3 is 2.87 bits per heavy atom. The molecule has 0 spiro atoms. The fourth-order valence-electron chi connectivity index (χ4n) is 2.89. The van der Waals surface area contributed by atoms with E-state index in [2.05, 4.69) is 9.97 Å². The highest BCUT2D eigenvalue weighted by Gasteiger charge is 2.24. The van der Waals surface area contributed by atoms with Crippen LogP contribution in [0.3, 0.4) is 0 Å². The van der Waals surface area contributed by atoms with Crippen LogP contribution in [-0.2, 0) is 4.79 Å². The Kier molecular flexibility index (Phi) is 4.66. The highest BCUT2D eigenvalue weighted by atomic mass is 16.2. The van der Waals surface area contributed by atoms with Crippen molar-refractivity contribution in [1.82, 2.24) is 14.9 Å². The van der Waals surface area contributed by atoms with Gasteiger partial charge in [-0.2, -0.15) is 0 Å². The van der Waals surface area contributed by atoms with Crippen LogP contribution in [-0.4, -0.2) is 33.9 Å². The summed E-state index contributed by atoms with van der Waals surface area (Å²) in [5.74, 6) is 0.170. The van der Waals surface area contributed by atoms with Gasteiger partial charge in [-0.25, -0.2) is 9.78 Å². The SMILES string of the molecule is O=C(/C=C/c1ccccc1)N1CCC[C@H](c2ccnc(=O)[nH]2)C1. The van der Waals surface area contributed by atoms with Crippen LogP contribution in [0.15, 0.2) is 53.5 Å². The highest BCUT2D eigenvalue weighted by Crippen LogP contribution is 2.24. The number of piperidine rings is 1. The van der Waals surface area contributed by atoms with Gasteiger partial charge in [0.2, 0.25) is 5.91 Å². The second-order valence-electron chi connectivity index (χ2n) is 5.70. The van der Waals surface area contributed by atoms with Crippen LogP contribution in [0.25, 0.3) is 6.08 Å². The number of nitrogens with one attached hydrogen (secondary N) is 1. The summed E-state index contributed by atoms with van der Waals surface area (Å²) < 4.78 is 0. The lowest BCUT2D eigenvalue weighted by Crippen LogP contribution is -2.38. The summed E-state index contributed by atoms with van der Waals surface area (Å²) >= 11 is 0. The van der Waals surface area contributed by atoms with Gasteiger partial charge in [-0.1, -0.05) is 30.3 Å². The monoisotopic (exact) mass is 309 g/mol. The number of aromatic amines is 1. The standard InChI is InChI=1S/C18H19N3O2/c22-17(9-8-14-5-2-1-3-6-14)21-12-4-7-15(13-21)16-10-11-19-18(23)20-16/h1-3,5-6,8-11,15H,4,7,12-13H2,(H,19,20,23)/b9-8+/t15-/m0/s1. The minimum Gasteiger partial charge on any atom is -0.338 e. The predicted octanol–water partition coefficient (Wildman–Crippen LogP) is 2.19. The minimum atomic E-state index is -0.338. The summed E-state index contributed by atoms with van der Waals surface area (Å²) in [5.41, 5.74) is 1.53. The maximum absolute atomic E-state index is 12.4. The van der Waals surface area contributed by atoms with Crippen molar-refractivity contribution in [3.8, 4) is 0 Å². The molecule has 5 heteroatoms. The van der Waals surface area contributed by atoms with Gasteiger partial charge < -0.3 is 9.88 Å². The van der Waals surface area contributed by atoms with E-state index in [1.807, 2.05) is 47.4 Å². The topological polar surface area (TPSA) is 66.1 Å². The Morgan fingerprint density at radius 1 is 1.26 bits per heavy atom. The van der Waals surface area contributed by atoms with E-state index in [-0.39, 0.29) is 17.5 Å². The third kappa shape index (κ3) is 3.94. The minimum absolute atomic E-state index is 0.00922. The first-order valence-electron chi connectivity index (χ1n) is 7.79. The summed E-state index contributed by atoms with van der Waals surface area (Å²) in [4.78, 5) is 32.0. The number of amides is 1. The second kappa shape index (κ2) is 7.05. The van der Waals surface area contributed by atoms with Gasteiger partial charge in [0, 0.05) is 37.0 Å². The lowest BCUT2D eigenvalue weighted by atomic mass is 9.94. The first kappa shape index (κ1) is 15.2. The summed E-state index contributed by atoms with van der Waals surface area (Å²) in [6.07, 6.45) is 6.86.